The Morgan fingerprint density at radius 3 is 1.53 bits per heavy atom. The van der Waals surface area contributed by atoms with E-state index in [2.05, 4.69) is 24.3 Å². The highest BCUT2D eigenvalue weighted by Crippen LogP contribution is 2.35. The summed E-state index contributed by atoms with van der Waals surface area (Å²) in [6.07, 6.45) is 5.25. The third kappa shape index (κ3) is 102. The van der Waals surface area contributed by atoms with E-state index < -0.39 is 7.82 Å². The monoisotopic (exact) mass is 296 g/mol. The molecule has 0 heterocycles. The largest absolute Gasteiger partial charge is 0.469 e. The lowest BCUT2D eigenvalue weighted by Crippen LogP contribution is -2.01. The molecule has 0 aliphatic carbocycles. The number of hydrogen-bond donors (Lipinski definition) is 2. The van der Waals surface area contributed by atoms with Gasteiger partial charge in [-0.2, -0.15) is 0 Å². The van der Waals surface area contributed by atoms with Crippen LogP contribution in [-0.4, -0.2) is 29.6 Å². The lowest BCUT2D eigenvalue weighted by Gasteiger charge is -2.03. The van der Waals surface area contributed by atoms with Crippen molar-refractivity contribution in [2.24, 2.45) is 0 Å². The normalized spacial score (nSPS) is 8.32. The van der Waals surface area contributed by atoms with Crippen molar-refractivity contribution in [1.29, 1.82) is 0 Å². The summed E-state index contributed by atoms with van der Waals surface area (Å²) in [6, 6.07) is 0. The third-order valence-electron chi connectivity index (χ3n) is 0.691. The average Bonchev–Trinajstić information content (AvgIpc) is 2.26. The predicted molar refractivity (Wildman–Crippen MR) is 82.1 cm³/mol. The Morgan fingerprint density at radius 2 is 1.32 bits per heavy atom. The van der Waals surface area contributed by atoms with Crippen molar-refractivity contribution in [3.05, 3.63) is 38.0 Å². The van der Waals surface area contributed by atoms with Gasteiger partial charge in [-0.3, -0.25) is 4.52 Å². The molecule has 0 unspecified atom stereocenters. The summed E-state index contributed by atoms with van der Waals surface area (Å²) in [7, 11) is -4.29. The molecule has 6 heteroatoms. The second-order valence-corrected chi connectivity index (χ2v) is 3.98. The van der Waals surface area contributed by atoms with Crippen LogP contribution in [0.15, 0.2) is 38.0 Å². The van der Waals surface area contributed by atoms with Crippen LogP contribution in [0.1, 0.15) is 27.7 Å². The minimum Gasteiger partial charge on any atom is -0.379 e. The first-order valence-electron chi connectivity index (χ1n) is 5.80. The van der Waals surface area contributed by atoms with Crippen molar-refractivity contribution in [2.45, 2.75) is 27.7 Å². The van der Waals surface area contributed by atoms with Gasteiger partial charge < -0.3 is 14.5 Å². The molecule has 0 spiro atoms. The quantitative estimate of drug-likeness (QED) is 0.459. The van der Waals surface area contributed by atoms with Gasteiger partial charge in [0, 0.05) is 6.61 Å². The molecule has 0 radical (unpaired) electrons. The fourth-order valence-corrected chi connectivity index (χ4v) is 0.672. The maximum atomic E-state index is 10.0. The van der Waals surface area contributed by atoms with Crippen molar-refractivity contribution in [3.8, 4) is 0 Å². The predicted octanol–water partition coefficient (Wildman–Crippen LogP) is 3.71. The van der Waals surface area contributed by atoms with E-state index in [9.17, 15) is 4.57 Å². The average molecular weight is 296 g/mol. The Labute approximate surface area is 117 Å². The molecule has 0 saturated carbocycles. The minimum atomic E-state index is -4.29. The van der Waals surface area contributed by atoms with E-state index in [0.717, 1.165) is 0 Å². The van der Waals surface area contributed by atoms with Crippen molar-refractivity contribution < 1.29 is 23.6 Å². The summed E-state index contributed by atoms with van der Waals surface area (Å²) in [5.74, 6) is 0. The van der Waals surface area contributed by atoms with Crippen LogP contribution in [0.5, 0.6) is 0 Å². The van der Waals surface area contributed by atoms with Gasteiger partial charge in [0.05, 0.1) is 13.2 Å². The second-order valence-electron chi connectivity index (χ2n) is 2.75. The first-order chi connectivity index (χ1) is 8.80. The van der Waals surface area contributed by atoms with Crippen molar-refractivity contribution in [1.82, 2.24) is 0 Å². The molecule has 0 aromatic heterocycles. The van der Waals surface area contributed by atoms with Crippen LogP contribution in [0.3, 0.4) is 0 Å². The fourth-order valence-electron chi connectivity index (χ4n) is 0.359. The standard InChI is InChI=1S/C4H11O5P.3C3H6/c1-2-8-3-4-9-10(5,6)7;3*1-3-2/h2-4H2,1H3,(H2,5,6,7);3*3H,1H2,2H3. The zero-order valence-corrected chi connectivity index (χ0v) is 13.4. The van der Waals surface area contributed by atoms with Gasteiger partial charge in [0.2, 0.25) is 0 Å². The Hall–Kier alpha value is -0.710. The molecule has 0 amide bonds. The van der Waals surface area contributed by atoms with E-state index in [0.29, 0.717) is 6.61 Å². The number of phosphoric ester groups is 1. The Bertz CT molecular complexity index is 209. The molecule has 5 nitrogen and oxygen atoms in total. The van der Waals surface area contributed by atoms with Crippen LogP contribution >= 0.6 is 7.82 Å². The summed E-state index contributed by atoms with van der Waals surface area (Å²) in [5, 5.41) is 0. The summed E-state index contributed by atoms with van der Waals surface area (Å²) in [5.41, 5.74) is 0. The van der Waals surface area contributed by atoms with Gasteiger partial charge in [0.25, 0.3) is 0 Å². The lowest BCUT2D eigenvalue weighted by molar-refractivity contribution is 0.0932. The zero-order chi connectivity index (χ0) is 16.2. The van der Waals surface area contributed by atoms with Crippen LogP contribution in [0.25, 0.3) is 0 Å². The number of allylic oxidation sites excluding steroid dienone is 3. The highest BCUT2D eigenvalue weighted by molar-refractivity contribution is 7.46. The molecule has 116 valence electrons. The Morgan fingerprint density at radius 1 is 1.00 bits per heavy atom. The molecule has 0 aliphatic rings. The molecule has 0 aromatic rings. The first kappa shape index (κ1) is 26.8. The van der Waals surface area contributed by atoms with Crippen molar-refractivity contribution in [3.63, 3.8) is 0 Å². The number of rotatable bonds is 5. The van der Waals surface area contributed by atoms with Crippen LogP contribution in [0.2, 0.25) is 0 Å². The summed E-state index contributed by atoms with van der Waals surface area (Å²) < 4.78 is 18.8. The van der Waals surface area contributed by atoms with Crippen molar-refractivity contribution in [2.75, 3.05) is 19.8 Å². The molecule has 0 aromatic carbocycles. The first-order valence-corrected chi connectivity index (χ1v) is 7.33. The van der Waals surface area contributed by atoms with Gasteiger partial charge in [0.15, 0.2) is 0 Å². The smallest absolute Gasteiger partial charge is 0.379 e. The molecular weight excluding hydrogens is 267 g/mol. The van der Waals surface area contributed by atoms with E-state index in [4.69, 9.17) is 14.5 Å². The molecule has 0 fully saturated rings. The summed E-state index contributed by atoms with van der Waals surface area (Å²) in [6.45, 7) is 18.2. The van der Waals surface area contributed by atoms with Gasteiger partial charge in [-0.1, -0.05) is 18.2 Å². The molecule has 0 bridgehead atoms. The molecule has 0 saturated heterocycles. The number of phosphoric acid groups is 1. The second kappa shape index (κ2) is 26.0. The Balaban J connectivity index is -0.000000103. The van der Waals surface area contributed by atoms with Gasteiger partial charge in [-0.25, -0.2) is 4.57 Å². The van der Waals surface area contributed by atoms with Gasteiger partial charge in [-0.15, -0.1) is 19.7 Å². The molecule has 0 rings (SSSR count). The lowest BCUT2D eigenvalue weighted by atomic mass is 10.8. The van der Waals surface area contributed by atoms with Gasteiger partial charge in [0.1, 0.15) is 0 Å². The number of ether oxygens (including phenoxy) is 1. The summed E-state index contributed by atoms with van der Waals surface area (Å²) in [4.78, 5) is 16.3. The van der Waals surface area contributed by atoms with E-state index in [1.165, 1.54) is 0 Å². The van der Waals surface area contributed by atoms with Gasteiger partial charge >= 0.3 is 7.82 Å². The molecule has 0 aliphatic heterocycles. The Kier molecular flexibility index (Phi) is 36.6. The third-order valence-corrected chi connectivity index (χ3v) is 1.21. The highest BCUT2D eigenvalue weighted by Gasteiger charge is 2.12. The van der Waals surface area contributed by atoms with E-state index in [1.54, 1.807) is 25.2 Å². The maximum Gasteiger partial charge on any atom is 0.469 e. The van der Waals surface area contributed by atoms with Crippen molar-refractivity contribution >= 4 is 7.82 Å². The van der Waals surface area contributed by atoms with Crippen LogP contribution in [0.4, 0.5) is 0 Å². The van der Waals surface area contributed by atoms with Crippen LogP contribution in [-0.2, 0) is 13.8 Å². The van der Waals surface area contributed by atoms with E-state index >= 15 is 0 Å². The highest BCUT2D eigenvalue weighted by atomic mass is 31.2. The van der Waals surface area contributed by atoms with Crippen LogP contribution in [0, 0.1) is 0 Å². The fraction of sp³-hybridized carbons (Fsp3) is 0.538. The number of hydrogen-bond acceptors (Lipinski definition) is 3. The molecule has 0 atom stereocenters. The summed E-state index contributed by atoms with van der Waals surface area (Å²) >= 11 is 0. The SMILES string of the molecule is C=CC.C=CC.C=CC.CCOCCOP(=O)(O)O. The van der Waals surface area contributed by atoms with E-state index in [-0.39, 0.29) is 13.2 Å². The van der Waals surface area contributed by atoms with Gasteiger partial charge in [-0.05, 0) is 27.7 Å². The minimum absolute atomic E-state index is 0.0713. The van der Waals surface area contributed by atoms with Crippen LogP contribution < -0.4 is 0 Å². The molecular formula is C13H29O5P. The van der Waals surface area contributed by atoms with E-state index in [1.807, 2.05) is 20.8 Å². The molecule has 19 heavy (non-hydrogen) atoms. The zero-order valence-electron chi connectivity index (χ0n) is 12.5. The maximum absolute atomic E-state index is 10.0. The topological polar surface area (TPSA) is 76.0 Å². The molecule has 2 N–H and O–H groups in total.